The van der Waals surface area contributed by atoms with Crippen LogP contribution in [0.3, 0.4) is 0 Å². The summed E-state index contributed by atoms with van der Waals surface area (Å²) in [6.07, 6.45) is 4.40. The van der Waals surface area contributed by atoms with E-state index < -0.39 is 10.5 Å². The van der Waals surface area contributed by atoms with Gasteiger partial charge in [0.2, 0.25) is 0 Å². The van der Waals surface area contributed by atoms with Crippen LogP contribution in [0.5, 0.6) is 0 Å². The van der Waals surface area contributed by atoms with Crippen molar-refractivity contribution < 1.29 is 19.0 Å². The molecule has 2 rings (SSSR count). The Labute approximate surface area is 93.6 Å². The van der Waals surface area contributed by atoms with Crippen molar-refractivity contribution in [2.24, 2.45) is 0 Å². The van der Waals surface area contributed by atoms with Gasteiger partial charge in [-0.25, -0.2) is 0 Å². The third-order valence-corrected chi connectivity index (χ3v) is 4.65. The Kier molecular flexibility index (Phi) is 2.96. The molecule has 1 spiro atoms. The first-order valence-electron chi connectivity index (χ1n) is 5.12. The van der Waals surface area contributed by atoms with E-state index >= 15 is 0 Å². The van der Waals surface area contributed by atoms with Crippen molar-refractivity contribution in [2.45, 2.75) is 29.8 Å². The van der Waals surface area contributed by atoms with Gasteiger partial charge in [-0.05, 0) is 19.1 Å². The van der Waals surface area contributed by atoms with Crippen LogP contribution in [0.2, 0.25) is 0 Å². The lowest BCUT2D eigenvalue weighted by molar-refractivity contribution is -0.188. The van der Waals surface area contributed by atoms with E-state index in [1.165, 1.54) is 18.9 Å². The molecule has 0 amide bonds. The number of ether oxygens (including phenoxy) is 3. The molecule has 1 saturated heterocycles. The molecule has 1 aliphatic heterocycles. The molecule has 1 aliphatic carbocycles. The van der Waals surface area contributed by atoms with Gasteiger partial charge in [-0.1, -0.05) is 0 Å². The highest BCUT2D eigenvalue weighted by atomic mass is 32.2. The second-order valence-electron chi connectivity index (χ2n) is 3.83. The summed E-state index contributed by atoms with van der Waals surface area (Å²) in [5.74, 6) is -0.964. The maximum absolute atomic E-state index is 11.9. The van der Waals surface area contributed by atoms with Gasteiger partial charge in [0.1, 0.15) is 0 Å². The van der Waals surface area contributed by atoms with E-state index in [0.717, 1.165) is 19.3 Å². The quantitative estimate of drug-likeness (QED) is 0.669. The van der Waals surface area contributed by atoms with Gasteiger partial charge in [0.15, 0.2) is 10.5 Å². The number of hydrogen-bond donors (Lipinski definition) is 0. The molecule has 1 atom stereocenters. The fourth-order valence-electron chi connectivity index (χ4n) is 2.56. The summed E-state index contributed by atoms with van der Waals surface area (Å²) in [5.41, 5.74) is 0. The highest BCUT2D eigenvalue weighted by molar-refractivity contribution is 8.00. The van der Waals surface area contributed by atoms with Crippen LogP contribution in [-0.4, -0.2) is 43.1 Å². The molecule has 0 N–H and O–H groups in total. The predicted octanol–water partition coefficient (Wildman–Crippen LogP) is 1.19. The van der Waals surface area contributed by atoms with Gasteiger partial charge in [0, 0.05) is 6.42 Å². The first-order chi connectivity index (χ1) is 7.21. The Morgan fingerprint density at radius 2 is 2.00 bits per heavy atom. The minimum atomic E-state index is -0.737. The van der Waals surface area contributed by atoms with Crippen molar-refractivity contribution in [3.63, 3.8) is 0 Å². The number of thioether (sulfide) groups is 1. The average Bonchev–Trinajstić information content (AvgIpc) is 2.87. The molecule has 0 aromatic rings. The molecule has 2 aliphatic rings. The fraction of sp³-hybridized carbons (Fsp3) is 0.900. The molecule has 5 heteroatoms. The summed E-state index contributed by atoms with van der Waals surface area (Å²) < 4.78 is 15.6. The first kappa shape index (κ1) is 11.2. The SMILES string of the molecule is COC(=O)C1(SC)CCCC12OCCO2. The molecule has 86 valence electrons. The number of esters is 1. The first-order valence-corrected chi connectivity index (χ1v) is 6.35. The summed E-state index contributed by atoms with van der Waals surface area (Å²) in [6, 6.07) is 0. The molecule has 0 bridgehead atoms. The smallest absolute Gasteiger partial charge is 0.327 e. The van der Waals surface area contributed by atoms with E-state index in [-0.39, 0.29) is 5.97 Å². The second-order valence-corrected chi connectivity index (χ2v) is 4.93. The largest absolute Gasteiger partial charge is 0.468 e. The van der Waals surface area contributed by atoms with Gasteiger partial charge in [-0.2, -0.15) is 0 Å². The topological polar surface area (TPSA) is 44.8 Å². The molecular weight excluding hydrogens is 216 g/mol. The van der Waals surface area contributed by atoms with E-state index in [0.29, 0.717) is 13.2 Å². The lowest BCUT2D eigenvalue weighted by Gasteiger charge is -2.37. The summed E-state index contributed by atoms with van der Waals surface area (Å²) >= 11 is 1.48. The van der Waals surface area contributed by atoms with Crippen molar-refractivity contribution in [1.29, 1.82) is 0 Å². The zero-order chi connectivity index (χ0) is 10.9. The molecule has 4 nitrogen and oxygen atoms in total. The van der Waals surface area contributed by atoms with Crippen molar-refractivity contribution in [3.05, 3.63) is 0 Å². The second kappa shape index (κ2) is 3.96. The Bertz CT molecular complexity index is 257. The zero-order valence-corrected chi connectivity index (χ0v) is 9.89. The Morgan fingerprint density at radius 1 is 1.33 bits per heavy atom. The summed E-state index contributed by atoms with van der Waals surface area (Å²) in [4.78, 5) is 11.9. The van der Waals surface area contributed by atoms with Crippen LogP contribution >= 0.6 is 11.8 Å². The Hall–Kier alpha value is -0.260. The standard InChI is InChI=1S/C10H16O4S/c1-12-8(11)9(15-2)4-3-5-10(9)13-6-7-14-10/h3-7H2,1-2H3. The maximum Gasteiger partial charge on any atom is 0.327 e. The molecule has 1 unspecified atom stereocenters. The molecule has 2 fully saturated rings. The van der Waals surface area contributed by atoms with Crippen LogP contribution in [0, 0.1) is 0 Å². The summed E-state index contributed by atoms with van der Waals surface area (Å²) in [6.45, 7) is 1.14. The van der Waals surface area contributed by atoms with E-state index in [4.69, 9.17) is 14.2 Å². The lowest BCUT2D eigenvalue weighted by Crippen LogP contribution is -2.54. The van der Waals surface area contributed by atoms with Crippen molar-refractivity contribution in [2.75, 3.05) is 26.6 Å². The van der Waals surface area contributed by atoms with E-state index in [9.17, 15) is 4.79 Å². The number of carbonyl (C=O) groups excluding carboxylic acids is 1. The normalized spacial score (nSPS) is 33.5. The number of hydrogen-bond acceptors (Lipinski definition) is 5. The van der Waals surface area contributed by atoms with Crippen LogP contribution in [0.25, 0.3) is 0 Å². The third kappa shape index (κ3) is 1.40. The zero-order valence-electron chi connectivity index (χ0n) is 9.08. The molecule has 15 heavy (non-hydrogen) atoms. The van der Waals surface area contributed by atoms with Crippen LogP contribution in [-0.2, 0) is 19.0 Å². The summed E-state index contributed by atoms with van der Waals surface area (Å²) in [7, 11) is 1.42. The molecule has 0 aromatic heterocycles. The molecular formula is C10H16O4S. The lowest BCUT2D eigenvalue weighted by atomic mass is 10.0. The van der Waals surface area contributed by atoms with Gasteiger partial charge < -0.3 is 14.2 Å². The van der Waals surface area contributed by atoms with Crippen LogP contribution in [0.15, 0.2) is 0 Å². The van der Waals surface area contributed by atoms with Gasteiger partial charge in [-0.15, -0.1) is 11.8 Å². The van der Waals surface area contributed by atoms with Gasteiger partial charge >= 0.3 is 5.97 Å². The van der Waals surface area contributed by atoms with Crippen LogP contribution in [0.4, 0.5) is 0 Å². The Balaban J connectivity index is 2.33. The van der Waals surface area contributed by atoms with Gasteiger partial charge in [-0.3, -0.25) is 4.79 Å². The summed E-state index contributed by atoms with van der Waals surface area (Å²) in [5, 5.41) is 0. The van der Waals surface area contributed by atoms with Gasteiger partial charge in [0.25, 0.3) is 0 Å². The van der Waals surface area contributed by atoms with Crippen LogP contribution in [0.1, 0.15) is 19.3 Å². The fourth-order valence-corrected chi connectivity index (χ4v) is 3.69. The van der Waals surface area contributed by atoms with E-state index in [1.807, 2.05) is 6.26 Å². The predicted molar refractivity (Wildman–Crippen MR) is 56.7 cm³/mol. The van der Waals surface area contributed by atoms with Crippen molar-refractivity contribution in [1.82, 2.24) is 0 Å². The molecule has 0 aromatic carbocycles. The number of carbonyl (C=O) groups is 1. The monoisotopic (exact) mass is 232 g/mol. The van der Waals surface area contributed by atoms with E-state index in [2.05, 4.69) is 0 Å². The molecule has 1 saturated carbocycles. The Morgan fingerprint density at radius 3 is 2.53 bits per heavy atom. The highest BCUT2D eigenvalue weighted by Gasteiger charge is 2.64. The molecule has 1 heterocycles. The van der Waals surface area contributed by atoms with Gasteiger partial charge in [0.05, 0.1) is 20.3 Å². The highest BCUT2D eigenvalue weighted by Crippen LogP contribution is 2.52. The minimum Gasteiger partial charge on any atom is -0.468 e. The molecule has 0 radical (unpaired) electrons. The minimum absolute atomic E-state index is 0.227. The van der Waals surface area contributed by atoms with Crippen LogP contribution < -0.4 is 0 Å². The average molecular weight is 232 g/mol. The van der Waals surface area contributed by atoms with E-state index in [1.54, 1.807) is 0 Å². The number of rotatable bonds is 2. The van der Waals surface area contributed by atoms with Crippen molar-refractivity contribution in [3.8, 4) is 0 Å². The van der Waals surface area contributed by atoms with Crippen molar-refractivity contribution >= 4 is 17.7 Å². The third-order valence-electron chi connectivity index (χ3n) is 3.27. The number of methoxy groups -OCH3 is 1. The maximum atomic E-state index is 11.9.